The van der Waals surface area contributed by atoms with Crippen LogP contribution in [0, 0.1) is 0 Å². The highest BCUT2D eigenvalue weighted by atomic mass is 35.5. The summed E-state index contributed by atoms with van der Waals surface area (Å²) in [6, 6.07) is 9.29. The highest BCUT2D eigenvalue weighted by Gasteiger charge is 2.35. The first-order valence-electron chi connectivity index (χ1n) is 8.99. The minimum atomic E-state index is -0.518. The molecule has 0 spiro atoms. The van der Waals surface area contributed by atoms with E-state index in [1.54, 1.807) is 36.4 Å². The average Bonchev–Trinajstić information content (AvgIpc) is 2.72. The number of benzene rings is 2. The molecule has 3 amide bonds. The second-order valence-corrected chi connectivity index (χ2v) is 7.11. The zero-order chi connectivity index (χ0) is 20.5. The van der Waals surface area contributed by atoms with Crippen LogP contribution in [0.2, 0.25) is 5.02 Å². The van der Waals surface area contributed by atoms with E-state index >= 15 is 0 Å². The third-order valence-electron chi connectivity index (χ3n) is 4.75. The molecule has 0 aliphatic carbocycles. The van der Waals surface area contributed by atoms with Gasteiger partial charge in [-0.15, -0.1) is 0 Å². The number of rotatable bonds is 3. The van der Waals surface area contributed by atoms with Gasteiger partial charge in [0.2, 0.25) is 5.91 Å². The van der Waals surface area contributed by atoms with E-state index in [2.05, 4.69) is 10.6 Å². The van der Waals surface area contributed by atoms with Crippen LogP contribution in [0.4, 0.5) is 11.4 Å². The number of ether oxygens (including phenoxy) is 2. The molecule has 2 aromatic rings. The van der Waals surface area contributed by atoms with E-state index in [4.69, 9.17) is 21.1 Å². The molecule has 0 saturated carbocycles. The number of nitrogens with one attached hydrogen (secondary N) is 2. The summed E-state index contributed by atoms with van der Waals surface area (Å²) in [5.41, 5.74) is 1.25. The molecule has 8 nitrogen and oxygen atoms in total. The van der Waals surface area contributed by atoms with Crippen molar-refractivity contribution in [1.82, 2.24) is 5.32 Å². The summed E-state index contributed by atoms with van der Waals surface area (Å²) in [4.78, 5) is 38.6. The van der Waals surface area contributed by atoms with Crippen molar-refractivity contribution in [2.45, 2.75) is 12.5 Å². The quantitative estimate of drug-likeness (QED) is 0.801. The molecule has 0 fully saturated rings. The Hall–Kier alpha value is -3.26. The van der Waals surface area contributed by atoms with Crippen molar-refractivity contribution in [3.8, 4) is 11.5 Å². The molecule has 2 aliphatic heterocycles. The predicted octanol–water partition coefficient (Wildman–Crippen LogP) is 2.21. The molecule has 2 aliphatic rings. The molecule has 150 valence electrons. The van der Waals surface area contributed by atoms with Gasteiger partial charge in [-0.3, -0.25) is 19.3 Å². The monoisotopic (exact) mass is 415 g/mol. The topological polar surface area (TPSA) is 97.0 Å². The lowest BCUT2D eigenvalue weighted by atomic mass is 10.0. The highest BCUT2D eigenvalue weighted by molar-refractivity contribution is 6.31. The molecule has 0 radical (unpaired) electrons. The fourth-order valence-electron chi connectivity index (χ4n) is 3.35. The number of nitrogens with zero attached hydrogens (tertiary/aromatic N) is 1. The maximum Gasteiger partial charge on any atom is 0.262 e. The fourth-order valence-corrected chi connectivity index (χ4v) is 3.52. The molecule has 2 N–H and O–H groups in total. The molecule has 9 heteroatoms. The molecule has 4 rings (SSSR count). The third-order valence-corrected chi connectivity index (χ3v) is 4.99. The van der Waals surface area contributed by atoms with Gasteiger partial charge in [0.1, 0.15) is 18.1 Å². The number of halogens is 1. The molecule has 2 heterocycles. The lowest BCUT2D eigenvalue weighted by Crippen LogP contribution is -2.49. The number of hydrogen-bond donors (Lipinski definition) is 2. The van der Waals surface area contributed by atoms with Crippen LogP contribution in [-0.2, 0) is 9.59 Å². The van der Waals surface area contributed by atoms with Gasteiger partial charge in [-0.1, -0.05) is 11.6 Å². The first kappa shape index (κ1) is 19.1. The largest absolute Gasteiger partial charge is 0.489 e. The summed E-state index contributed by atoms with van der Waals surface area (Å²) in [5.74, 6) is 0.156. The van der Waals surface area contributed by atoms with E-state index in [1.165, 1.54) is 11.9 Å². The zero-order valence-electron chi connectivity index (χ0n) is 15.5. The molecule has 0 bridgehead atoms. The van der Waals surface area contributed by atoms with Gasteiger partial charge in [-0.25, -0.2) is 0 Å². The van der Waals surface area contributed by atoms with Crippen LogP contribution in [0.1, 0.15) is 16.8 Å². The average molecular weight is 416 g/mol. The van der Waals surface area contributed by atoms with E-state index in [-0.39, 0.29) is 37.4 Å². The maximum atomic E-state index is 13.5. The molecule has 2 aromatic carbocycles. The van der Waals surface area contributed by atoms with Crippen LogP contribution in [0.25, 0.3) is 0 Å². The summed E-state index contributed by atoms with van der Waals surface area (Å²) in [7, 11) is 1.54. The van der Waals surface area contributed by atoms with Gasteiger partial charge in [-0.05, 0) is 36.4 Å². The van der Waals surface area contributed by atoms with Crippen molar-refractivity contribution >= 4 is 40.7 Å². The summed E-state index contributed by atoms with van der Waals surface area (Å²) in [6.07, 6.45) is 0.0684. The Labute approximate surface area is 171 Å². The SMILES string of the molecule is CNC(=O)C[C@H]1COc2ccc(Cl)cc2N1C(=O)c1ccc2c(c1)NC(=O)CO2. The minimum Gasteiger partial charge on any atom is -0.489 e. The smallest absolute Gasteiger partial charge is 0.262 e. The number of amides is 3. The van der Waals surface area contributed by atoms with Gasteiger partial charge in [-0.2, -0.15) is 0 Å². The molecular weight excluding hydrogens is 398 g/mol. The normalized spacial score (nSPS) is 17.2. The molecule has 0 unspecified atom stereocenters. The summed E-state index contributed by atoms with van der Waals surface area (Å²) in [5, 5.41) is 5.71. The van der Waals surface area contributed by atoms with Crippen LogP contribution in [0.3, 0.4) is 0 Å². The van der Waals surface area contributed by atoms with E-state index in [9.17, 15) is 14.4 Å². The predicted molar refractivity (Wildman–Crippen MR) is 107 cm³/mol. The second-order valence-electron chi connectivity index (χ2n) is 6.68. The minimum absolute atomic E-state index is 0.0656. The van der Waals surface area contributed by atoms with Gasteiger partial charge < -0.3 is 20.1 Å². The lowest BCUT2D eigenvalue weighted by molar-refractivity contribution is -0.121. The Balaban J connectivity index is 1.73. The number of fused-ring (bicyclic) bond motifs is 2. The van der Waals surface area contributed by atoms with Crippen molar-refractivity contribution in [3.05, 3.63) is 47.0 Å². The van der Waals surface area contributed by atoms with Crippen molar-refractivity contribution in [2.24, 2.45) is 0 Å². The van der Waals surface area contributed by atoms with E-state index < -0.39 is 6.04 Å². The van der Waals surface area contributed by atoms with Gasteiger partial charge in [0.25, 0.3) is 11.8 Å². The van der Waals surface area contributed by atoms with E-state index in [0.29, 0.717) is 33.5 Å². The van der Waals surface area contributed by atoms with Crippen LogP contribution in [0.5, 0.6) is 11.5 Å². The van der Waals surface area contributed by atoms with Crippen molar-refractivity contribution in [2.75, 3.05) is 30.5 Å². The Morgan fingerprint density at radius 1 is 1.21 bits per heavy atom. The van der Waals surface area contributed by atoms with Crippen LogP contribution in [0.15, 0.2) is 36.4 Å². The number of carbonyl (C=O) groups excluding carboxylic acids is 3. The Bertz CT molecular complexity index is 1010. The van der Waals surface area contributed by atoms with E-state index in [1.807, 2.05) is 0 Å². The number of hydrogen-bond acceptors (Lipinski definition) is 5. The van der Waals surface area contributed by atoms with Crippen LogP contribution in [-0.4, -0.2) is 44.0 Å². The summed E-state index contributed by atoms with van der Waals surface area (Å²) >= 11 is 6.15. The first-order valence-corrected chi connectivity index (χ1v) is 9.37. The maximum absolute atomic E-state index is 13.5. The van der Waals surface area contributed by atoms with Crippen LogP contribution >= 0.6 is 11.6 Å². The Morgan fingerprint density at radius 3 is 2.79 bits per heavy atom. The summed E-state index contributed by atoms with van der Waals surface area (Å²) < 4.78 is 11.1. The van der Waals surface area contributed by atoms with Gasteiger partial charge in [0.05, 0.1) is 23.8 Å². The van der Waals surface area contributed by atoms with Crippen molar-refractivity contribution < 1.29 is 23.9 Å². The third kappa shape index (κ3) is 3.71. The second kappa shape index (κ2) is 7.63. The molecule has 0 saturated heterocycles. The first-order chi connectivity index (χ1) is 14.0. The standard InChI is InChI=1S/C20H18ClN3O5/c1-22-18(25)8-13-9-28-17-5-3-12(21)7-15(17)24(13)20(27)11-2-4-16-14(6-11)23-19(26)10-29-16/h2-7,13H,8-10H2,1H3,(H,22,25)(H,23,26)/t13-/m0/s1. The van der Waals surface area contributed by atoms with E-state index in [0.717, 1.165) is 0 Å². The number of carbonyl (C=O) groups is 3. The molecular formula is C20H18ClN3O5. The van der Waals surface area contributed by atoms with Crippen molar-refractivity contribution in [3.63, 3.8) is 0 Å². The fraction of sp³-hybridized carbons (Fsp3) is 0.250. The Kier molecular flexibility index (Phi) is 5.02. The van der Waals surface area contributed by atoms with Gasteiger partial charge in [0, 0.05) is 17.6 Å². The lowest BCUT2D eigenvalue weighted by Gasteiger charge is -2.37. The van der Waals surface area contributed by atoms with Crippen molar-refractivity contribution in [1.29, 1.82) is 0 Å². The summed E-state index contributed by atoms with van der Waals surface area (Å²) in [6.45, 7) is 0.0996. The molecule has 1 atom stereocenters. The van der Waals surface area contributed by atoms with Crippen LogP contribution < -0.4 is 25.0 Å². The number of anilines is 2. The Morgan fingerprint density at radius 2 is 2.00 bits per heavy atom. The van der Waals surface area contributed by atoms with Gasteiger partial charge >= 0.3 is 0 Å². The highest BCUT2D eigenvalue weighted by Crippen LogP contribution is 2.38. The molecule has 29 heavy (non-hydrogen) atoms. The molecule has 0 aromatic heterocycles. The zero-order valence-corrected chi connectivity index (χ0v) is 16.3. The van der Waals surface area contributed by atoms with Gasteiger partial charge in [0.15, 0.2) is 6.61 Å².